The molecule has 11 heavy (non-hydrogen) atoms. The summed E-state index contributed by atoms with van der Waals surface area (Å²) in [5, 5.41) is 0.760. The smallest absolute Gasteiger partial charge is 0.0496 e. The third kappa shape index (κ3) is 1.81. The fraction of sp³-hybridized carbons (Fsp3) is 0.222. The van der Waals surface area contributed by atoms with Gasteiger partial charge in [-0.05, 0) is 18.6 Å². The molecule has 58 valence electrons. The number of hydrogen-bond acceptors (Lipinski definition) is 1. The summed E-state index contributed by atoms with van der Waals surface area (Å²) in [5.74, 6) is 0. The lowest BCUT2D eigenvalue weighted by atomic mass is 10.1. The Morgan fingerprint density at radius 3 is 2.73 bits per heavy atom. The lowest BCUT2D eigenvalue weighted by Gasteiger charge is -2.00. The molecule has 1 aromatic rings. The van der Waals surface area contributed by atoms with Gasteiger partial charge >= 0.3 is 0 Å². The van der Waals surface area contributed by atoms with Crippen LogP contribution < -0.4 is 0 Å². The van der Waals surface area contributed by atoms with Crippen LogP contribution in [-0.4, -0.2) is 13.3 Å². The lowest BCUT2D eigenvalue weighted by molar-refractivity contribution is 1.41. The molecule has 1 rings (SSSR count). The molecular weight excluding hydrogens is 158 g/mol. The number of aliphatic imine (C=N–C) groups is 1. The molecule has 0 bridgehead atoms. The molecule has 2 heteroatoms. The maximum Gasteiger partial charge on any atom is 0.0496 e. The van der Waals surface area contributed by atoms with Crippen LogP contribution in [0, 0.1) is 6.92 Å². The summed E-state index contributed by atoms with van der Waals surface area (Å²) in [5.41, 5.74) is 2.17. The Balaban J connectivity index is 3.20. The molecule has 0 saturated carbocycles. The first-order chi connectivity index (χ1) is 5.25. The van der Waals surface area contributed by atoms with Crippen molar-refractivity contribution < 1.29 is 0 Å². The highest BCUT2D eigenvalue weighted by Gasteiger charge is 1.98. The van der Waals surface area contributed by atoms with E-state index in [1.807, 2.05) is 25.1 Å². The van der Waals surface area contributed by atoms with Gasteiger partial charge in [-0.2, -0.15) is 0 Å². The highest BCUT2D eigenvalue weighted by molar-refractivity contribution is 6.33. The van der Waals surface area contributed by atoms with Gasteiger partial charge in [-0.3, -0.25) is 4.99 Å². The zero-order chi connectivity index (χ0) is 8.27. The van der Waals surface area contributed by atoms with Gasteiger partial charge in [0.15, 0.2) is 0 Å². The normalized spacial score (nSPS) is 10.8. The lowest BCUT2D eigenvalue weighted by Crippen LogP contribution is -1.87. The number of benzene rings is 1. The molecule has 0 N–H and O–H groups in total. The van der Waals surface area contributed by atoms with Gasteiger partial charge in [-0.15, -0.1) is 0 Å². The molecule has 0 heterocycles. The van der Waals surface area contributed by atoms with E-state index in [0.29, 0.717) is 0 Å². The van der Waals surface area contributed by atoms with Crippen molar-refractivity contribution in [2.24, 2.45) is 4.99 Å². The van der Waals surface area contributed by atoms with Gasteiger partial charge in [0.25, 0.3) is 0 Å². The monoisotopic (exact) mass is 167 g/mol. The summed E-state index contributed by atoms with van der Waals surface area (Å²) in [7, 11) is 1.74. The third-order valence-electron chi connectivity index (χ3n) is 1.53. The fourth-order valence-electron chi connectivity index (χ4n) is 0.937. The summed E-state index contributed by atoms with van der Waals surface area (Å²) in [6, 6.07) is 5.82. The van der Waals surface area contributed by atoms with Gasteiger partial charge in [0, 0.05) is 23.8 Å². The van der Waals surface area contributed by atoms with Crippen LogP contribution in [0.3, 0.4) is 0 Å². The number of nitrogens with zero attached hydrogens (tertiary/aromatic N) is 1. The predicted octanol–water partition coefficient (Wildman–Crippen LogP) is 2.70. The summed E-state index contributed by atoms with van der Waals surface area (Å²) < 4.78 is 0. The molecule has 0 aromatic heterocycles. The Hall–Kier alpha value is -0.820. The predicted molar refractivity (Wildman–Crippen MR) is 49.7 cm³/mol. The minimum absolute atomic E-state index is 0.760. The van der Waals surface area contributed by atoms with E-state index in [4.69, 9.17) is 11.6 Å². The highest BCUT2D eigenvalue weighted by Crippen LogP contribution is 2.16. The fourth-order valence-corrected chi connectivity index (χ4v) is 1.21. The van der Waals surface area contributed by atoms with Gasteiger partial charge < -0.3 is 0 Å². The minimum atomic E-state index is 0.760. The molecule has 0 spiro atoms. The van der Waals surface area contributed by atoms with Crippen LogP contribution in [0.15, 0.2) is 23.2 Å². The van der Waals surface area contributed by atoms with E-state index in [2.05, 4.69) is 4.99 Å². The maximum atomic E-state index is 5.92. The SMILES string of the molecule is C/N=C/c1c(C)cccc1Cl. The molecule has 0 saturated heterocycles. The number of halogens is 1. The molecular formula is C9H10ClN. The summed E-state index contributed by atoms with van der Waals surface area (Å²) in [6.07, 6.45) is 1.78. The summed E-state index contributed by atoms with van der Waals surface area (Å²) in [6.45, 7) is 2.02. The maximum absolute atomic E-state index is 5.92. The van der Waals surface area contributed by atoms with Crippen molar-refractivity contribution in [1.29, 1.82) is 0 Å². The molecule has 0 radical (unpaired) electrons. The van der Waals surface area contributed by atoms with Crippen molar-refractivity contribution in [2.75, 3.05) is 7.05 Å². The van der Waals surface area contributed by atoms with Gasteiger partial charge in [0.1, 0.15) is 0 Å². The first-order valence-corrected chi connectivity index (χ1v) is 3.81. The molecule has 0 aliphatic heterocycles. The van der Waals surface area contributed by atoms with Crippen molar-refractivity contribution in [2.45, 2.75) is 6.92 Å². The third-order valence-corrected chi connectivity index (χ3v) is 1.86. The molecule has 1 nitrogen and oxygen atoms in total. The quantitative estimate of drug-likeness (QED) is 0.571. The molecule has 0 unspecified atom stereocenters. The molecule has 0 atom stereocenters. The van der Waals surface area contributed by atoms with Crippen LogP contribution in [-0.2, 0) is 0 Å². The standard InChI is InChI=1S/C9H10ClN/c1-7-4-3-5-9(10)8(7)6-11-2/h3-6H,1-2H3/b11-6+. The number of aryl methyl sites for hydroxylation is 1. The Labute approximate surface area is 71.7 Å². The average molecular weight is 168 g/mol. The second kappa shape index (κ2) is 3.54. The number of rotatable bonds is 1. The Morgan fingerprint density at radius 1 is 1.45 bits per heavy atom. The largest absolute Gasteiger partial charge is 0.296 e. The van der Waals surface area contributed by atoms with Crippen LogP contribution in [0.5, 0.6) is 0 Å². The minimum Gasteiger partial charge on any atom is -0.296 e. The van der Waals surface area contributed by atoms with Crippen LogP contribution in [0.4, 0.5) is 0 Å². The molecule has 0 amide bonds. The topological polar surface area (TPSA) is 12.4 Å². The second-order valence-electron chi connectivity index (χ2n) is 2.36. The molecule has 0 aliphatic rings. The van der Waals surface area contributed by atoms with Crippen LogP contribution in [0.25, 0.3) is 0 Å². The van der Waals surface area contributed by atoms with Gasteiger partial charge in [-0.1, -0.05) is 23.7 Å². The van der Waals surface area contributed by atoms with Crippen molar-refractivity contribution >= 4 is 17.8 Å². The zero-order valence-corrected chi connectivity index (χ0v) is 7.39. The van der Waals surface area contributed by atoms with E-state index >= 15 is 0 Å². The first kappa shape index (κ1) is 8.28. The Morgan fingerprint density at radius 2 is 2.18 bits per heavy atom. The van der Waals surface area contributed by atoms with Crippen molar-refractivity contribution in [3.05, 3.63) is 34.3 Å². The van der Waals surface area contributed by atoms with Gasteiger partial charge in [-0.25, -0.2) is 0 Å². The van der Waals surface area contributed by atoms with E-state index in [9.17, 15) is 0 Å². The molecule has 1 aromatic carbocycles. The van der Waals surface area contributed by atoms with Crippen LogP contribution in [0.2, 0.25) is 5.02 Å². The molecule has 0 aliphatic carbocycles. The second-order valence-corrected chi connectivity index (χ2v) is 2.76. The summed E-state index contributed by atoms with van der Waals surface area (Å²) >= 11 is 5.92. The summed E-state index contributed by atoms with van der Waals surface area (Å²) in [4.78, 5) is 3.92. The first-order valence-electron chi connectivity index (χ1n) is 3.43. The van der Waals surface area contributed by atoms with E-state index < -0.39 is 0 Å². The van der Waals surface area contributed by atoms with E-state index in [1.54, 1.807) is 13.3 Å². The Kier molecular flexibility index (Phi) is 2.66. The van der Waals surface area contributed by atoms with E-state index in [1.165, 1.54) is 0 Å². The van der Waals surface area contributed by atoms with Crippen molar-refractivity contribution in [3.63, 3.8) is 0 Å². The highest BCUT2D eigenvalue weighted by atomic mass is 35.5. The zero-order valence-electron chi connectivity index (χ0n) is 6.63. The van der Waals surface area contributed by atoms with Crippen molar-refractivity contribution in [1.82, 2.24) is 0 Å². The van der Waals surface area contributed by atoms with Gasteiger partial charge in [0.2, 0.25) is 0 Å². The molecule has 0 fully saturated rings. The van der Waals surface area contributed by atoms with E-state index in [-0.39, 0.29) is 0 Å². The van der Waals surface area contributed by atoms with Crippen LogP contribution in [0.1, 0.15) is 11.1 Å². The van der Waals surface area contributed by atoms with E-state index in [0.717, 1.165) is 16.1 Å². The Bertz CT molecular complexity index is 259. The van der Waals surface area contributed by atoms with Crippen LogP contribution >= 0.6 is 11.6 Å². The number of hydrogen-bond donors (Lipinski definition) is 0. The van der Waals surface area contributed by atoms with Crippen molar-refractivity contribution in [3.8, 4) is 0 Å². The van der Waals surface area contributed by atoms with Gasteiger partial charge in [0.05, 0.1) is 0 Å². The average Bonchev–Trinajstić information content (AvgIpc) is 1.97.